The maximum absolute atomic E-state index is 13.8. The lowest BCUT2D eigenvalue weighted by Gasteiger charge is -2.19. The molecular weight excluding hydrogens is 564 g/mol. The molecule has 0 radical (unpaired) electrons. The van der Waals surface area contributed by atoms with E-state index >= 15 is 0 Å². The van der Waals surface area contributed by atoms with Crippen LogP contribution in [0.2, 0.25) is 0 Å². The Hall–Kier alpha value is -3.64. The number of aromatic nitrogens is 2. The van der Waals surface area contributed by atoms with Crippen LogP contribution in [-0.4, -0.2) is 89.4 Å². The first-order chi connectivity index (χ1) is 21.7. The van der Waals surface area contributed by atoms with Gasteiger partial charge in [0.25, 0.3) is 0 Å². The predicted molar refractivity (Wildman–Crippen MR) is 172 cm³/mol. The van der Waals surface area contributed by atoms with E-state index < -0.39 is 0 Å². The van der Waals surface area contributed by atoms with E-state index in [0.29, 0.717) is 112 Å². The Morgan fingerprint density at radius 3 is 1.23 bits per heavy atom. The minimum atomic E-state index is -0.0715. The minimum absolute atomic E-state index is 0.0715. The normalized spacial score (nSPS) is 11.9. The van der Waals surface area contributed by atoms with Gasteiger partial charge < -0.3 is 37.6 Å². The van der Waals surface area contributed by atoms with E-state index in [0.717, 1.165) is 11.0 Å². The van der Waals surface area contributed by atoms with Gasteiger partial charge in [-0.25, -0.2) is 0 Å². The van der Waals surface area contributed by atoms with Crippen molar-refractivity contribution in [1.29, 1.82) is 0 Å². The zero-order valence-electron chi connectivity index (χ0n) is 25.4. The lowest BCUT2D eigenvalue weighted by atomic mass is 10.0. The molecule has 10 nitrogen and oxygen atoms in total. The molecule has 0 spiro atoms. The van der Waals surface area contributed by atoms with Gasteiger partial charge in [0.2, 0.25) is 0 Å². The third-order valence-electron chi connectivity index (χ3n) is 7.59. The second-order valence-electron chi connectivity index (χ2n) is 10.3. The zero-order valence-corrected chi connectivity index (χ0v) is 25.4. The maximum atomic E-state index is 13.8. The molecule has 0 aliphatic carbocycles. The zero-order chi connectivity index (χ0) is 30.7. The molecule has 44 heavy (non-hydrogen) atoms. The third kappa shape index (κ3) is 7.18. The van der Waals surface area contributed by atoms with Crippen molar-refractivity contribution in [3.05, 3.63) is 81.1 Å². The average molecular weight is 605 g/mol. The highest BCUT2D eigenvalue weighted by Gasteiger charge is 2.17. The summed E-state index contributed by atoms with van der Waals surface area (Å²) in [6.45, 7) is 5.79. The Bertz CT molecular complexity index is 1680. The third-order valence-corrected chi connectivity index (χ3v) is 7.59. The van der Waals surface area contributed by atoms with Crippen LogP contribution in [0.15, 0.2) is 70.3 Å². The van der Waals surface area contributed by atoms with Gasteiger partial charge in [-0.2, -0.15) is 0 Å². The van der Waals surface area contributed by atoms with Gasteiger partial charge in [-0.1, -0.05) is 24.3 Å². The van der Waals surface area contributed by atoms with Gasteiger partial charge in [0.05, 0.1) is 88.1 Å². The van der Waals surface area contributed by atoms with Crippen LogP contribution in [0, 0.1) is 0 Å². The predicted octanol–water partition coefficient (Wildman–Crippen LogP) is 3.98. The van der Waals surface area contributed by atoms with Gasteiger partial charge in [0.1, 0.15) is 0 Å². The van der Waals surface area contributed by atoms with Crippen LogP contribution < -0.4 is 10.9 Å². The van der Waals surface area contributed by atoms with Gasteiger partial charge in [-0.15, -0.1) is 0 Å². The van der Waals surface area contributed by atoms with Crippen molar-refractivity contribution < 1.29 is 28.4 Å². The summed E-state index contributed by atoms with van der Waals surface area (Å²) in [5, 5.41) is 2.34. The summed E-state index contributed by atoms with van der Waals surface area (Å²) in [5.41, 5.74) is 2.85. The number of hydrogen-bond acceptors (Lipinski definition) is 8. The van der Waals surface area contributed by atoms with Crippen LogP contribution in [0.3, 0.4) is 0 Å². The van der Waals surface area contributed by atoms with Crippen LogP contribution in [0.25, 0.3) is 43.6 Å². The summed E-state index contributed by atoms with van der Waals surface area (Å²) in [7, 11) is 3.27. The first kappa shape index (κ1) is 31.8. The Morgan fingerprint density at radius 2 is 0.818 bits per heavy atom. The van der Waals surface area contributed by atoms with Gasteiger partial charge >= 0.3 is 0 Å². The molecular formula is C34H40N2O8. The number of para-hydroxylation sites is 2. The first-order valence-electron chi connectivity index (χ1n) is 14.9. The van der Waals surface area contributed by atoms with Crippen molar-refractivity contribution >= 4 is 43.6 Å². The molecule has 0 fully saturated rings. The number of benzene rings is 3. The fraction of sp³-hybridized carbons (Fsp3) is 0.412. The largest absolute Gasteiger partial charge is 0.382 e. The highest BCUT2D eigenvalue weighted by molar-refractivity contribution is 6.03. The van der Waals surface area contributed by atoms with E-state index in [-0.39, 0.29) is 10.9 Å². The molecule has 3 aromatic carbocycles. The summed E-state index contributed by atoms with van der Waals surface area (Å²) in [6.07, 6.45) is 0. The molecule has 0 aliphatic rings. The fourth-order valence-electron chi connectivity index (χ4n) is 5.46. The number of nitrogens with zero attached hydrogens (tertiary/aromatic N) is 2. The van der Waals surface area contributed by atoms with Gasteiger partial charge in [0, 0.05) is 48.9 Å². The summed E-state index contributed by atoms with van der Waals surface area (Å²) in [5.74, 6) is 0. The summed E-state index contributed by atoms with van der Waals surface area (Å²) < 4.78 is 36.9. The standard InChI is InChI=1S/C34H40N2O8/c1-39-15-17-43-21-19-41-13-11-35-29-9-5-3-7-25(29)33(37)27-24-32-28(23-31(27)35)34(38)26-8-4-6-10-30(26)36(32)12-14-42-20-22-44-18-16-40-2/h3-10,23-24H,11-22H2,1-2H3. The molecule has 0 unspecified atom stereocenters. The van der Waals surface area contributed by atoms with Crippen molar-refractivity contribution in [2.45, 2.75) is 13.1 Å². The summed E-state index contributed by atoms with van der Waals surface area (Å²) in [6, 6.07) is 18.9. The van der Waals surface area contributed by atoms with Crippen molar-refractivity contribution in [2.75, 3.05) is 80.3 Å². The molecule has 2 aromatic heterocycles. The Morgan fingerprint density at radius 1 is 0.455 bits per heavy atom. The van der Waals surface area contributed by atoms with Crippen LogP contribution in [0.4, 0.5) is 0 Å². The highest BCUT2D eigenvalue weighted by atomic mass is 16.5. The number of rotatable bonds is 18. The molecule has 0 aliphatic heterocycles. The average Bonchev–Trinajstić information content (AvgIpc) is 3.05. The van der Waals surface area contributed by atoms with Crippen molar-refractivity contribution in [1.82, 2.24) is 9.13 Å². The maximum Gasteiger partial charge on any atom is 0.197 e. The molecule has 0 amide bonds. The number of pyridine rings is 2. The smallest absolute Gasteiger partial charge is 0.197 e. The Labute approximate surface area is 255 Å². The second kappa shape index (κ2) is 15.9. The van der Waals surface area contributed by atoms with Crippen LogP contribution in [0.1, 0.15) is 0 Å². The molecule has 5 rings (SSSR count). The second-order valence-corrected chi connectivity index (χ2v) is 10.3. The molecule has 5 aromatic rings. The molecule has 0 atom stereocenters. The molecule has 2 heterocycles. The first-order valence-corrected chi connectivity index (χ1v) is 14.9. The van der Waals surface area contributed by atoms with E-state index in [2.05, 4.69) is 9.13 Å². The number of hydrogen-bond donors (Lipinski definition) is 0. The number of methoxy groups -OCH3 is 2. The lowest BCUT2D eigenvalue weighted by Crippen LogP contribution is -2.18. The Kier molecular flexibility index (Phi) is 11.5. The van der Waals surface area contributed by atoms with E-state index in [4.69, 9.17) is 28.4 Å². The van der Waals surface area contributed by atoms with E-state index in [1.165, 1.54) is 0 Å². The number of ether oxygens (including phenoxy) is 6. The van der Waals surface area contributed by atoms with E-state index in [1.54, 1.807) is 14.2 Å². The van der Waals surface area contributed by atoms with Crippen LogP contribution in [0.5, 0.6) is 0 Å². The fourth-order valence-corrected chi connectivity index (χ4v) is 5.46. The topological polar surface area (TPSA) is 99.4 Å². The van der Waals surface area contributed by atoms with Crippen molar-refractivity contribution in [3.8, 4) is 0 Å². The lowest BCUT2D eigenvalue weighted by molar-refractivity contribution is 0.0233. The van der Waals surface area contributed by atoms with Crippen molar-refractivity contribution in [2.24, 2.45) is 0 Å². The monoisotopic (exact) mass is 604 g/mol. The molecule has 0 bridgehead atoms. The molecule has 0 N–H and O–H groups in total. The quantitative estimate of drug-likeness (QED) is 0.109. The Balaban J connectivity index is 1.51. The number of fused-ring (bicyclic) bond motifs is 4. The minimum Gasteiger partial charge on any atom is -0.382 e. The van der Waals surface area contributed by atoms with E-state index in [9.17, 15) is 9.59 Å². The highest BCUT2D eigenvalue weighted by Crippen LogP contribution is 2.26. The molecule has 0 saturated carbocycles. The van der Waals surface area contributed by atoms with Crippen molar-refractivity contribution in [3.63, 3.8) is 0 Å². The van der Waals surface area contributed by atoms with Crippen LogP contribution >= 0.6 is 0 Å². The van der Waals surface area contributed by atoms with Gasteiger partial charge in [0.15, 0.2) is 10.9 Å². The molecule has 10 heteroatoms. The molecule has 0 saturated heterocycles. The van der Waals surface area contributed by atoms with Crippen LogP contribution in [-0.2, 0) is 41.5 Å². The molecule has 234 valence electrons. The SMILES string of the molecule is COCCOCCOCCn1c2ccccc2c(=O)c2cc3c(cc21)c(=O)c1ccccc1n3CCOCCOCCOC. The van der Waals surface area contributed by atoms with Gasteiger partial charge in [-0.05, 0) is 36.4 Å². The summed E-state index contributed by atoms with van der Waals surface area (Å²) in [4.78, 5) is 27.7. The van der Waals surface area contributed by atoms with Gasteiger partial charge in [-0.3, -0.25) is 9.59 Å². The van der Waals surface area contributed by atoms with E-state index in [1.807, 2.05) is 60.7 Å². The summed E-state index contributed by atoms with van der Waals surface area (Å²) >= 11 is 0.